The van der Waals surface area contributed by atoms with Crippen LogP contribution in [0.3, 0.4) is 0 Å². The Morgan fingerprint density at radius 3 is 2.59 bits per heavy atom. The van der Waals surface area contributed by atoms with Gasteiger partial charge in [-0.2, -0.15) is 0 Å². The Bertz CT molecular complexity index is 559. The first-order chi connectivity index (χ1) is 10.3. The highest BCUT2D eigenvalue weighted by Gasteiger charge is 2.46. The summed E-state index contributed by atoms with van der Waals surface area (Å²) in [5.74, 6) is 0.532. The lowest BCUT2D eigenvalue weighted by Gasteiger charge is -2.28. The van der Waals surface area contributed by atoms with Crippen LogP contribution in [0.15, 0.2) is 24.3 Å². The summed E-state index contributed by atoms with van der Waals surface area (Å²) in [7, 11) is 1.40. The predicted octanol–water partition coefficient (Wildman–Crippen LogP) is 3.24. The van der Waals surface area contributed by atoms with Gasteiger partial charge in [0.1, 0.15) is 6.04 Å². The molecule has 4 nitrogen and oxygen atoms in total. The molecular weight excluding hydrogens is 322 g/mol. The Morgan fingerprint density at radius 1 is 1.36 bits per heavy atom. The molecular formula is C16H20ClNO3S. The van der Waals surface area contributed by atoms with Gasteiger partial charge in [-0.25, -0.2) is 0 Å². The molecule has 1 aromatic rings. The molecule has 22 heavy (non-hydrogen) atoms. The van der Waals surface area contributed by atoms with E-state index < -0.39 is 0 Å². The molecule has 6 heteroatoms. The van der Waals surface area contributed by atoms with Gasteiger partial charge in [-0.1, -0.05) is 11.6 Å². The largest absolute Gasteiger partial charge is 0.468 e. The zero-order valence-electron chi connectivity index (χ0n) is 13.0. The van der Waals surface area contributed by atoms with Crippen LogP contribution in [0.2, 0.25) is 5.02 Å². The molecule has 1 unspecified atom stereocenters. The molecule has 0 bridgehead atoms. The second kappa shape index (κ2) is 7.02. The zero-order valence-corrected chi connectivity index (χ0v) is 14.5. The van der Waals surface area contributed by atoms with Gasteiger partial charge in [-0.15, -0.1) is 11.8 Å². The van der Waals surface area contributed by atoms with Crippen molar-refractivity contribution >= 4 is 35.1 Å². The van der Waals surface area contributed by atoms with Crippen LogP contribution >= 0.6 is 23.4 Å². The van der Waals surface area contributed by atoms with Gasteiger partial charge in [0.25, 0.3) is 0 Å². The number of ether oxygens (including phenoxy) is 1. The first-order valence-corrected chi connectivity index (χ1v) is 8.46. The summed E-state index contributed by atoms with van der Waals surface area (Å²) in [5, 5.41) is 0.611. The van der Waals surface area contributed by atoms with Crippen LogP contribution < -0.4 is 0 Å². The van der Waals surface area contributed by atoms with Crippen molar-refractivity contribution < 1.29 is 14.3 Å². The third-order valence-corrected chi connectivity index (χ3v) is 5.52. The van der Waals surface area contributed by atoms with Gasteiger partial charge in [-0.3, -0.25) is 14.5 Å². The van der Waals surface area contributed by atoms with Crippen molar-refractivity contribution in [2.45, 2.75) is 31.1 Å². The van der Waals surface area contributed by atoms with Gasteiger partial charge >= 0.3 is 5.97 Å². The van der Waals surface area contributed by atoms with Crippen LogP contribution in [0.4, 0.5) is 0 Å². The quantitative estimate of drug-likeness (QED) is 0.607. The van der Waals surface area contributed by atoms with Crippen molar-refractivity contribution in [3.8, 4) is 0 Å². The number of methoxy groups -OCH3 is 1. The second-order valence-electron chi connectivity index (χ2n) is 5.80. The van der Waals surface area contributed by atoms with Crippen LogP contribution in [-0.4, -0.2) is 47.0 Å². The summed E-state index contributed by atoms with van der Waals surface area (Å²) in [6.45, 7) is 4.60. The summed E-state index contributed by atoms with van der Waals surface area (Å²) < 4.78 is 4.70. The summed E-state index contributed by atoms with van der Waals surface area (Å²) in [6.07, 6.45) is 0.367. The number of ketones is 1. The standard InChI is InChI=1S/C16H20ClNO3S/c1-16(2)14(15(20)21-3)18(10-22-16)9-8-13(19)11-4-6-12(17)7-5-11/h4-7,14H,8-10H2,1-3H3. The van der Waals surface area contributed by atoms with Crippen molar-refractivity contribution in [3.63, 3.8) is 0 Å². The van der Waals surface area contributed by atoms with Gasteiger partial charge in [0.15, 0.2) is 5.78 Å². The number of benzene rings is 1. The summed E-state index contributed by atoms with van der Waals surface area (Å²) in [5.41, 5.74) is 0.644. The Balaban J connectivity index is 1.99. The van der Waals surface area contributed by atoms with Gasteiger partial charge in [0, 0.05) is 34.2 Å². The lowest BCUT2D eigenvalue weighted by Crippen LogP contribution is -2.47. The number of halogens is 1. The number of rotatable bonds is 5. The normalized spacial score (nSPS) is 20.8. The number of hydrogen-bond donors (Lipinski definition) is 0. The molecule has 1 saturated heterocycles. The molecule has 1 aromatic carbocycles. The van der Waals surface area contributed by atoms with E-state index in [0.29, 0.717) is 23.6 Å². The number of hydrogen-bond acceptors (Lipinski definition) is 5. The molecule has 0 N–H and O–H groups in total. The number of thioether (sulfide) groups is 1. The molecule has 2 rings (SSSR count). The highest BCUT2D eigenvalue weighted by molar-refractivity contribution is 8.00. The second-order valence-corrected chi connectivity index (χ2v) is 7.83. The summed E-state index contributed by atoms with van der Waals surface area (Å²) in [6, 6.07) is 6.55. The molecule has 1 aliphatic heterocycles. The lowest BCUT2D eigenvalue weighted by molar-refractivity contribution is -0.147. The highest BCUT2D eigenvalue weighted by atomic mass is 35.5. The van der Waals surface area contributed by atoms with E-state index in [1.807, 2.05) is 18.7 Å². The van der Waals surface area contributed by atoms with E-state index in [-0.39, 0.29) is 22.5 Å². The lowest BCUT2D eigenvalue weighted by atomic mass is 10.0. The average Bonchev–Trinajstić information content (AvgIpc) is 2.79. The number of nitrogens with zero attached hydrogens (tertiary/aromatic N) is 1. The van der Waals surface area contributed by atoms with Crippen molar-refractivity contribution in [3.05, 3.63) is 34.9 Å². The number of carbonyl (C=O) groups excluding carboxylic acids is 2. The van der Waals surface area contributed by atoms with E-state index >= 15 is 0 Å². The Labute approximate surface area is 140 Å². The minimum Gasteiger partial charge on any atom is -0.468 e. The van der Waals surface area contributed by atoms with Crippen molar-refractivity contribution in [1.29, 1.82) is 0 Å². The van der Waals surface area contributed by atoms with Crippen LogP contribution in [0, 0.1) is 0 Å². The van der Waals surface area contributed by atoms with Gasteiger partial charge in [0.05, 0.1) is 7.11 Å². The van der Waals surface area contributed by atoms with E-state index in [1.165, 1.54) is 7.11 Å². The summed E-state index contributed by atoms with van der Waals surface area (Å²) >= 11 is 7.53. The topological polar surface area (TPSA) is 46.6 Å². The Kier molecular flexibility index (Phi) is 5.53. The van der Waals surface area contributed by atoms with E-state index in [9.17, 15) is 9.59 Å². The number of carbonyl (C=O) groups is 2. The van der Waals surface area contributed by atoms with Crippen LogP contribution in [0.25, 0.3) is 0 Å². The first-order valence-electron chi connectivity index (χ1n) is 7.10. The fourth-order valence-electron chi connectivity index (χ4n) is 2.61. The number of Topliss-reactive ketones (excluding diaryl/α,β-unsaturated/α-hetero) is 1. The Morgan fingerprint density at radius 2 is 2.00 bits per heavy atom. The first kappa shape index (κ1) is 17.3. The van der Waals surface area contributed by atoms with E-state index in [0.717, 1.165) is 5.88 Å². The minimum absolute atomic E-state index is 0.0509. The molecule has 0 aromatic heterocycles. The number of esters is 1. The van der Waals surface area contributed by atoms with Crippen LogP contribution in [0.1, 0.15) is 30.6 Å². The monoisotopic (exact) mass is 341 g/mol. The molecule has 0 spiro atoms. The molecule has 0 amide bonds. The molecule has 0 aliphatic carbocycles. The van der Waals surface area contributed by atoms with Crippen LogP contribution in [-0.2, 0) is 9.53 Å². The smallest absolute Gasteiger partial charge is 0.324 e. The van der Waals surface area contributed by atoms with E-state index in [4.69, 9.17) is 16.3 Å². The third-order valence-electron chi connectivity index (χ3n) is 3.84. The maximum atomic E-state index is 12.2. The maximum Gasteiger partial charge on any atom is 0.324 e. The van der Waals surface area contributed by atoms with Crippen molar-refractivity contribution in [2.24, 2.45) is 0 Å². The third kappa shape index (κ3) is 3.83. The average molecular weight is 342 g/mol. The van der Waals surface area contributed by atoms with Gasteiger partial charge in [-0.05, 0) is 38.1 Å². The summed E-state index contributed by atoms with van der Waals surface area (Å²) in [4.78, 5) is 26.3. The van der Waals surface area contributed by atoms with Gasteiger partial charge < -0.3 is 4.74 Å². The highest BCUT2D eigenvalue weighted by Crippen LogP contribution is 2.39. The molecule has 1 atom stereocenters. The fraction of sp³-hybridized carbons (Fsp3) is 0.500. The van der Waals surface area contributed by atoms with Crippen LogP contribution in [0.5, 0.6) is 0 Å². The van der Waals surface area contributed by atoms with Crippen molar-refractivity contribution in [1.82, 2.24) is 4.90 Å². The SMILES string of the molecule is COC(=O)C1N(CCC(=O)c2ccc(Cl)cc2)CSC1(C)C. The molecule has 0 radical (unpaired) electrons. The maximum absolute atomic E-state index is 12.2. The molecule has 1 fully saturated rings. The van der Waals surface area contributed by atoms with E-state index in [1.54, 1.807) is 36.0 Å². The molecule has 120 valence electrons. The van der Waals surface area contributed by atoms with E-state index in [2.05, 4.69) is 0 Å². The predicted molar refractivity (Wildman–Crippen MR) is 89.4 cm³/mol. The zero-order chi connectivity index (χ0) is 16.3. The van der Waals surface area contributed by atoms with Crippen molar-refractivity contribution in [2.75, 3.05) is 19.5 Å². The minimum atomic E-state index is -0.319. The molecule has 0 saturated carbocycles. The Hall–Kier alpha value is -1.04. The molecule has 1 heterocycles. The fourth-order valence-corrected chi connectivity index (χ4v) is 3.91. The molecule has 1 aliphatic rings. The van der Waals surface area contributed by atoms with Gasteiger partial charge in [0.2, 0.25) is 0 Å².